The highest BCUT2D eigenvalue weighted by atomic mass is 32.2. The summed E-state index contributed by atoms with van der Waals surface area (Å²) < 4.78 is 32.2. The molecular weight excluding hydrogens is 400 g/mol. The van der Waals surface area contributed by atoms with E-state index in [2.05, 4.69) is 16.1 Å². The second kappa shape index (κ2) is 9.02. The third-order valence-electron chi connectivity index (χ3n) is 4.91. The number of sulfonamides is 1. The molecule has 2 N–H and O–H groups in total. The summed E-state index contributed by atoms with van der Waals surface area (Å²) in [6, 6.07) is 11.1. The van der Waals surface area contributed by atoms with E-state index in [1.54, 1.807) is 32.2 Å². The number of amides is 1. The standard InChI is InChI=1S/C23H28N2O4S/c1-15(2)25-30(27,28)14-19-7-5-18(6-8-19)12-24-23(26)11-20-13-29-22-10-17(4)16(3)9-21(20)22/h5-10,13,15,25H,11-12,14H2,1-4H3,(H,24,26). The Bertz CT molecular complexity index is 1150. The maximum Gasteiger partial charge on any atom is 0.224 e. The van der Waals surface area contributed by atoms with Crippen molar-refractivity contribution in [2.24, 2.45) is 0 Å². The van der Waals surface area contributed by atoms with Gasteiger partial charge in [0.1, 0.15) is 5.58 Å². The summed E-state index contributed by atoms with van der Waals surface area (Å²) in [5.41, 5.74) is 5.58. The van der Waals surface area contributed by atoms with Crippen LogP contribution in [-0.4, -0.2) is 20.4 Å². The minimum Gasteiger partial charge on any atom is -0.464 e. The average molecular weight is 429 g/mol. The van der Waals surface area contributed by atoms with Gasteiger partial charge in [0.2, 0.25) is 15.9 Å². The van der Waals surface area contributed by atoms with Gasteiger partial charge in [0.05, 0.1) is 18.4 Å². The van der Waals surface area contributed by atoms with Crippen LogP contribution in [0.1, 0.15) is 41.7 Å². The fraction of sp³-hybridized carbons (Fsp3) is 0.348. The highest BCUT2D eigenvalue weighted by molar-refractivity contribution is 7.88. The van der Waals surface area contributed by atoms with Crippen LogP contribution in [0.5, 0.6) is 0 Å². The van der Waals surface area contributed by atoms with Crippen LogP contribution in [0.25, 0.3) is 11.0 Å². The van der Waals surface area contributed by atoms with Gasteiger partial charge >= 0.3 is 0 Å². The Morgan fingerprint density at radius 1 is 1.03 bits per heavy atom. The Balaban J connectivity index is 1.57. The number of carbonyl (C=O) groups excluding carboxylic acids is 1. The number of aryl methyl sites for hydroxylation is 2. The van der Waals surface area contributed by atoms with Gasteiger partial charge in [-0.05, 0) is 62.1 Å². The maximum absolute atomic E-state index is 12.4. The minimum atomic E-state index is -3.35. The summed E-state index contributed by atoms with van der Waals surface area (Å²) in [6.45, 7) is 8.03. The van der Waals surface area contributed by atoms with Crippen LogP contribution in [-0.2, 0) is 33.5 Å². The van der Waals surface area contributed by atoms with Gasteiger partial charge in [0.15, 0.2) is 0 Å². The van der Waals surface area contributed by atoms with E-state index in [4.69, 9.17) is 4.42 Å². The van der Waals surface area contributed by atoms with Crippen LogP contribution >= 0.6 is 0 Å². The van der Waals surface area contributed by atoms with Crippen LogP contribution in [0.2, 0.25) is 0 Å². The monoisotopic (exact) mass is 428 g/mol. The Kier molecular flexibility index (Phi) is 6.63. The lowest BCUT2D eigenvalue weighted by atomic mass is 10.0. The smallest absolute Gasteiger partial charge is 0.224 e. The van der Waals surface area contributed by atoms with E-state index in [9.17, 15) is 13.2 Å². The molecule has 1 amide bonds. The van der Waals surface area contributed by atoms with Gasteiger partial charge in [-0.2, -0.15) is 0 Å². The highest BCUT2D eigenvalue weighted by Gasteiger charge is 2.14. The fourth-order valence-electron chi connectivity index (χ4n) is 3.28. The second-order valence-corrected chi connectivity index (χ2v) is 9.75. The molecule has 0 spiro atoms. The van der Waals surface area contributed by atoms with E-state index >= 15 is 0 Å². The zero-order valence-electron chi connectivity index (χ0n) is 17.8. The van der Waals surface area contributed by atoms with E-state index in [0.29, 0.717) is 12.1 Å². The molecule has 0 saturated heterocycles. The van der Waals surface area contributed by atoms with Crippen LogP contribution in [0, 0.1) is 13.8 Å². The number of nitrogens with one attached hydrogen (secondary N) is 2. The van der Waals surface area contributed by atoms with Crippen molar-refractivity contribution in [2.75, 3.05) is 0 Å². The molecular formula is C23H28N2O4S. The molecule has 160 valence electrons. The molecule has 0 aliphatic heterocycles. The summed E-state index contributed by atoms with van der Waals surface area (Å²) in [5, 5.41) is 3.88. The van der Waals surface area contributed by atoms with Gasteiger partial charge in [-0.25, -0.2) is 13.1 Å². The number of fused-ring (bicyclic) bond motifs is 1. The van der Waals surface area contributed by atoms with Gasteiger partial charge in [0, 0.05) is 23.5 Å². The van der Waals surface area contributed by atoms with Crippen LogP contribution in [0.4, 0.5) is 0 Å². The normalized spacial score (nSPS) is 11.9. The first kappa shape index (κ1) is 22.1. The molecule has 0 aliphatic rings. The molecule has 1 heterocycles. The van der Waals surface area contributed by atoms with E-state index in [1.807, 2.05) is 32.0 Å². The topological polar surface area (TPSA) is 88.4 Å². The largest absolute Gasteiger partial charge is 0.464 e. The number of hydrogen-bond donors (Lipinski definition) is 2. The van der Waals surface area contributed by atoms with Crippen molar-refractivity contribution in [3.63, 3.8) is 0 Å². The molecule has 0 atom stereocenters. The molecule has 3 aromatic rings. The van der Waals surface area contributed by atoms with E-state index in [0.717, 1.165) is 33.2 Å². The van der Waals surface area contributed by atoms with Gasteiger partial charge in [-0.1, -0.05) is 24.3 Å². The molecule has 0 aliphatic carbocycles. The van der Waals surface area contributed by atoms with Crippen LogP contribution < -0.4 is 10.0 Å². The van der Waals surface area contributed by atoms with E-state index in [1.165, 1.54) is 0 Å². The van der Waals surface area contributed by atoms with Crippen LogP contribution in [0.3, 0.4) is 0 Å². The number of benzene rings is 2. The first-order valence-electron chi connectivity index (χ1n) is 9.95. The number of carbonyl (C=O) groups is 1. The lowest BCUT2D eigenvalue weighted by Gasteiger charge is -2.10. The molecule has 0 saturated carbocycles. The molecule has 0 unspecified atom stereocenters. The summed E-state index contributed by atoms with van der Waals surface area (Å²) in [5.74, 6) is -0.159. The molecule has 2 aromatic carbocycles. The van der Waals surface area contributed by atoms with Crippen molar-refractivity contribution in [1.82, 2.24) is 10.0 Å². The van der Waals surface area contributed by atoms with Crippen molar-refractivity contribution in [3.05, 3.63) is 70.5 Å². The predicted molar refractivity (Wildman–Crippen MR) is 119 cm³/mol. The molecule has 0 fully saturated rings. The second-order valence-electron chi connectivity index (χ2n) is 8.00. The molecule has 7 heteroatoms. The Labute approximate surface area is 177 Å². The molecule has 0 bridgehead atoms. The van der Waals surface area contributed by atoms with Crippen LogP contribution in [0.15, 0.2) is 47.1 Å². The first-order valence-corrected chi connectivity index (χ1v) is 11.6. The zero-order valence-corrected chi connectivity index (χ0v) is 18.6. The van der Waals surface area contributed by atoms with E-state index < -0.39 is 10.0 Å². The van der Waals surface area contributed by atoms with Gasteiger partial charge in [-0.3, -0.25) is 4.79 Å². The summed E-state index contributed by atoms with van der Waals surface area (Å²) >= 11 is 0. The molecule has 3 rings (SSSR count). The Hall–Kier alpha value is -2.64. The molecule has 0 radical (unpaired) electrons. The Morgan fingerprint density at radius 3 is 2.33 bits per heavy atom. The first-order chi connectivity index (χ1) is 14.1. The number of hydrogen-bond acceptors (Lipinski definition) is 4. The molecule has 6 nitrogen and oxygen atoms in total. The zero-order chi connectivity index (χ0) is 21.9. The van der Waals surface area contributed by atoms with Gasteiger partial charge in [-0.15, -0.1) is 0 Å². The van der Waals surface area contributed by atoms with Crippen molar-refractivity contribution in [2.45, 2.75) is 52.5 Å². The van der Waals surface area contributed by atoms with Crippen molar-refractivity contribution in [3.8, 4) is 0 Å². The Morgan fingerprint density at radius 2 is 1.67 bits per heavy atom. The molecule has 30 heavy (non-hydrogen) atoms. The van der Waals surface area contributed by atoms with Crippen molar-refractivity contribution in [1.29, 1.82) is 0 Å². The SMILES string of the molecule is Cc1cc2occ(CC(=O)NCc3ccc(CS(=O)(=O)NC(C)C)cc3)c2cc1C. The third-order valence-corrected chi connectivity index (χ3v) is 6.45. The number of rotatable bonds is 8. The summed E-state index contributed by atoms with van der Waals surface area (Å²) in [7, 11) is -3.35. The molecule has 1 aromatic heterocycles. The third kappa shape index (κ3) is 5.70. The lowest BCUT2D eigenvalue weighted by Crippen LogP contribution is -2.31. The number of furan rings is 1. The quantitative estimate of drug-likeness (QED) is 0.572. The lowest BCUT2D eigenvalue weighted by molar-refractivity contribution is -0.120. The predicted octanol–water partition coefficient (Wildman–Crippen LogP) is 3.74. The van der Waals surface area contributed by atoms with Crippen molar-refractivity contribution < 1.29 is 17.6 Å². The summed E-state index contributed by atoms with van der Waals surface area (Å²) in [4.78, 5) is 12.4. The van der Waals surface area contributed by atoms with E-state index in [-0.39, 0.29) is 24.1 Å². The maximum atomic E-state index is 12.4. The van der Waals surface area contributed by atoms with Gasteiger partial charge in [0.25, 0.3) is 0 Å². The highest BCUT2D eigenvalue weighted by Crippen LogP contribution is 2.25. The van der Waals surface area contributed by atoms with Gasteiger partial charge < -0.3 is 9.73 Å². The summed E-state index contributed by atoms with van der Waals surface area (Å²) in [6.07, 6.45) is 1.89. The minimum absolute atomic E-state index is 0.0652. The average Bonchev–Trinajstić information content (AvgIpc) is 3.01. The van der Waals surface area contributed by atoms with Crippen molar-refractivity contribution >= 4 is 26.9 Å². The fourth-order valence-corrected chi connectivity index (χ4v) is 4.72.